The molecule has 0 saturated carbocycles. The van der Waals surface area contributed by atoms with Gasteiger partial charge >= 0.3 is 0 Å². The highest BCUT2D eigenvalue weighted by molar-refractivity contribution is 7.88. The van der Waals surface area contributed by atoms with Crippen LogP contribution in [-0.4, -0.2) is 52.2 Å². The first-order valence-electron chi connectivity index (χ1n) is 7.35. The summed E-state index contributed by atoms with van der Waals surface area (Å²) in [5, 5.41) is 2.62. The van der Waals surface area contributed by atoms with Gasteiger partial charge in [0.2, 0.25) is 15.9 Å². The van der Waals surface area contributed by atoms with Crippen LogP contribution in [0, 0.1) is 0 Å². The van der Waals surface area contributed by atoms with Gasteiger partial charge in [-0.2, -0.15) is 4.31 Å². The Morgan fingerprint density at radius 3 is 2.50 bits per heavy atom. The van der Waals surface area contributed by atoms with Gasteiger partial charge in [-0.15, -0.1) is 6.58 Å². The third kappa shape index (κ3) is 6.21. The Kier molecular flexibility index (Phi) is 7.73. The van der Waals surface area contributed by atoms with Gasteiger partial charge in [-0.1, -0.05) is 12.1 Å². The summed E-state index contributed by atoms with van der Waals surface area (Å²) in [5.41, 5.74) is 0.740. The lowest BCUT2D eigenvalue weighted by atomic mass is 10.2. The average molecular weight is 356 g/mol. The summed E-state index contributed by atoms with van der Waals surface area (Å²) in [6.45, 7) is 4.10. The zero-order chi connectivity index (χ0) is 18.2. The maximum absolute atomic E-state index is 12.0. The van der Waals surface area contributed by atoms with Crippen molar-refractivity contribution in [3.05, 3.63) is 36.4 Å². The van der Waals surface area contributed by atoms with Crippen LogP contribution in [0.25, 0.3) is 0 Å². The molecule has 0 saturated heterocycles. The molecule has 0 atom stereocenters. The van der Waals surface area contributed by atoms with Gasteiger partial charge in [-0.3, -0.25) is 4.79 Å². The Morgan fingerprint density at radius 1 is 1.29 bits per heavy atom. The van der Waals surface area contributed by atoms with E-state index in [9.17, 15) is 13.2 Å². The zero-order valence-corrected chi connectivity index (χ0v) is 15.1. The Balaban J connectivity index is 2.84. The first-order valence-corrected chi connectivity index (χ1v) is 9.20. The molecule has 0 spiro atoms. The second kappa shape index (κ2) is 9.29. The molecule has 7 nitrogen and oxygen atoms in total. The fourth-order valence-corrected chi connectivity index (χ4v) is 2.85. The summed E-state index contributed by atoms with van der Waals surface area (Å²) in [5.74, 6) is 0.860. The van der Waals surface area contributed by atoms with Gasteiger partial charge in [0.15, 0.2) is 11.5 Å². The van der Waals surface area contributed by atoms with E-state index in [-0.39, 0.29) is 25.4 Å². The largest absolute Gasteiger partial charge is 0.493 e. The number of hydrogen-bond donors (Lipinski definition) is 1. The van der Waals surface area contributed by atoms with Crippen molar-refractivity contribution >= 4 is 15.9 Å². The number of carbonyl (C=O) groups is 1. The number of methoxy groups -OCH3 is 2. The first kappa shape index (κ1) is 20.0. The van der Waals surface area contributed by atoms with Gasteiger partial charge < -0.3 is 14.8 Å². The molecule has 0 heterocycles. The highest BCUT2D eigenvalue weighted by Gasteiger charge is 2.19. The van der Waals surface area contributed by atoms with Crippen LogP contribution in [-0.2, 0) is 21.4 Å². The fraction of sp³-hybridized carbons (Fsp3) is 0.438. The predicted molar refractivity (Wildman–Crippen MR) is 92.6 cm³/mol. The molecule has 0 unspecified atom stereocenters. The summed E-state index contributed by atoms with van der Waals surface area (Å²) in [6.07, 6.45) is 2.76. The number of ether oxygens (including phenoxy) is 2. The zero-order valence-electron chi connectivity index (χ0n) is 14.2. The first-order chi connectivity index (χ1) is 11.3. The molecule has 1 rings (SSSR count). The van der Waals surface area contributed by atoms with Gasteiger partial charge in [-0.25, -0.2) is 8.42 Å². The molecule has 1 amide bonds. The second-order valence-electron chi connectivity index (χ2n) is 5.13. The van der Waals surface area contributed by atoms with Crippen LogP contribution in [0.4, 0.5) is 0 Å². The maximum atomic E-state index is 12.0. The number of carbonyl (C=O) groups excluding carboxylic acids is 1. The van der Waals surface area contributed by atoms with E-state index in [1.54, 1.807) is 24.3 Å². The second-order valence-corrected chi connectivity index (χ2v) is 7.11. The van der Waals surface area contributed by atoms with Crippen molar-refractivity contribution < 1.29 is 22.7 Å². The van der Waals surface area contributed by atoms with Gasteiger partial charge in [0.05, 0.1) is 20.5 Å². The quantitative estimate of drug-likeness (QED) is 0.636. The number of nitrogens with one attached hydrogen (secondary N) is 1. The van der Waals surface area contributed by atoms with Crippen LogP contribution < -0.4 is 14.8 Å². The molecule has 0 bridgehead atoms. The van der Waals surface area contributed by atoms with Crippen molar-refractivity contribution in [1.29, 1.82) is 0 Å². The third-order valence-electron chi connectivity index (χ3n) is 3.31. The van der Waals surface area contributed by atoms with E-state index in [0.717, 1.165) is 11.8 Å². The van der Waals surface area contributed by atoms with Gasteiger partial charge in [0.25, 0.3) is 0 Å². The average Bonchev–Trinajstić information content (AvgIpc) is 2.55. The van der Waals surface area contributed by atoms with Crippen molar-refractivity contribution in [2.24, 2.45) is 0 Å². The molecule has 24 heavy (non-hydrogen) atoms. The van der Waals surface area contributed by atoms with Crippen LogP contribution >= 0.6 is 0 Å². The van der Waals surface area contributed by atoms with Crippen molar-refractivity contribution in [2.45, 2.75) is 13.0 Å². The molecule has 0 aliphatic heterocycles. The Hall–Kier alpha value is -2.06. The van der Waals surface area contributed by atoms with Crippen molar-refractivity contribution in [2.75, 3.05) is 33.6 Å². The Labute approximate surface area is 143 Å². The van der Waals surface area contributed by atoms with Crippen LogP contribution in [0.15, 0.2) is 30.9 Å². The summed E-state index contributed by atoms with van der Waals surface area (Å²) >= 11 is 0. The van der Waals surface area contributed by atoms with Gasteiger partial charge in [0.1, 0.15) is 0 Å². The summed E-state index contributed by atoms with van der Waals surface area (Å²) in [4.78, 5) is 11.7. The maximum Gasteiger partial charge on any atom is 0.221 e. The molecule has 1 aromatic carbocycles. The lowest BCUT2D eigenvalue weighted by Crippen LogP contribution is -2.34. The molecule has 0 aliphatic rings. The van der Waals surface area contributed by atoms with E-state index in [2.05, 4.69) is 11.9 Å². The molecule has 0 aromatic heterocycles. The molecule has 8 heteroatoms. The lowest BCUT2D eigenvalue weighted by molar-refractivity contribution is -0.121. The number of hydrogen-bond acceptors (Lipinski definition) is 5. The minimum Gasteiger partial charge on any atom is -0.493 e. The van der Waals surface area contributed by atoms with Crippen molar-refractivity contribution in [3.8, 4) is 11.5 Å². The summed E-state index contributed by atoms with van der Waals surface area (Å²) in [7, 11) is -0.410. The van der Waals surface area contributed by atoms with Crippen LogP contribution in [0.5, 0.6) is 11.5 Å². The van der Waals surface area contributed by atoms with Gasteiger partial charge in [0, 0.05) is 26.1 Å². The number of benzene rings is 1. The normalized spacial score (nSPS) is 11.2. The number of rotatable bonds is 10. The predicted octanol–water partition coefficient (Wildman–Crippen LogP) is 1.16. The monoisotopic (exact) mass is 356 g/mol. The Bertz CT molecular complexity index is 673. The van der Waals surface area contributed by atoms with Crippen molar-refractivity contribution in [1.82, 2.24) is 9.62 Å². The molecular formula is C16H24N2O5S. The van der Waals surface area contributed by atoms with Crippen LogP contribution in [0.2, 0.25) is 0 Å². The van der Waals surface area contributed by atoms with E-state index in [1.165, 1.54) is 18.5 Å². The molecule has 1 aromatic rings. The highest BCUT2D eigenvalue weighted by Crippen LogP contribution is 2.28. The SMILES string of the molecule is C=CCNC(=O)CCN(Cc1ccc(OC)c(OC)c1)S(C)(=O)=O. The topological polar surface area (TPSA) is 84.9 Å². The minimum absolute atomic E-state index is 0.0776. The summed E-state index contributed by atoms with van der Waals surface area (Å²) in [6, 6.07) is 5.19. The van der Waals surface area contributed by atoms with Gasteiger partial charge in [-0.05, 0) is 17.7 Å². The van der Waals surface area contributed by atoms with Crippen LogP contribution in [0.1, 0.15) is 12.0 Å². The van der Waals surface area contributed by atoms with E-state index in [1.807, 2.05) is 0 Å². The van der Waals surface area contributed by atoms with E-state index in [4.69, 9.17) is 9.47 Å². The molecule has 0 aliphatic carbocycles. The fourth-order valence-electron chi connectivity index (χ4n) is 2.05. The molecule has 134 valence electrons. The number of sulfonamides is 1. The smallest absolute Gasteiger partial charge is 0.221 e. The Morgan fingerprint density at radius 2 is 1.96 bits per heavy atom. The summed E-state index contributed by atoms with van der Waals surface area (Å²) < 4.78 is 35.6. The number of amides is 1. The standard InChI is InChI=1S/C16H24N2O5S/c1-5-9-17-16(19)8-10-18(24(4,20)21)12-13-6-7-14(22-2)15(11-13)23-3/h5-7,11H,1,8-10,12H2,2-4H3,(H,17,19). The van der Waals surface area contributed by atoms with E-state index in [0.29, 0.717) is 18.0 Å². The van der Waals surface area contributed by atoms with Crippen LogP contribution in [0.3, 0.4) is 0 Å². The lowest BCUT2D eigenvalue weighted by Gasteiger charge is -2.20. The molecular weight excluding hydrogens is 332 g/mol. The van der Waals surface area contributed by atoms with E-state index >= 15 is 0 Å². The molecule has 1 N–H and O–H groups in total. The minimum atomic E-state index is -3.45. The molecule has 0 radical (unpaired) electrons. The highest BCUT2D eigenvalue weighted by atomic mass is 32.2. The number of nitrogens with zero attached hydrogens (tertiary/aromatic N) is 1. The third-order valence-corrected chi connectivity index (χ3v) is 4.56. The molecule has 0 fully saturated rings. The van der Waals surface area contributed by atoms with E-state index < -0.39 is 10.0 Å². The van der Waals surface area contributed by atoms with Crippen molar-refractivity contribution in [3.63, 3.8) is 0 Å².